The van der Waals surface area contributed by atoms with E-state index in [4.69, 9.17) is 11.2 Å². The van der Waals surface area contributed by atoms with Crippen molar-refractivity contribution >= 4 is 5.97 Å². The number of H-pyrrole nitrogens is 1. The van der Waals surface area contributed by atoms with Crippen LogP contribution in [0.5, 0.6) is 0 Å². The molecule has 0 aliphatic rings. The van der Waals surface area contributed by atoms with Gasteiger partial charge in [0.25, 0.3) is 5.56 Å². The predicted octanol–water partition coefficient (Wildman–Crippen LogP) is 0.188. The molecule has 0 aliphatic heterocycles. The molecule has 1 heterocycles. The lowest BCUT2D eigenvalue weighted by Gasteiger charge is -2.01. The lowest BCUT2D eigenvalue weighted by atomic mass is 10.3. The minimum absolute atomic E-state index is 0.0317. The fourth-order valence-corrected chi connectivity index (χ4v) is 1.26. The summed E-state index contributed by atoms with van der Waals surface area (Å²) in [5, 5.41) is 0. The number of allylic oxidation sites excluding steroid dienone is 1. The Hall–Kier alpha value is -2.62. The second kappa shape index (κ2) is 7.74. The van der Waals surface area contributed by atoms with E-state index in [9.17, 15) is 18.8 Å². The summed E-state index contributed by atoms with van der Waals surface area (Å²) in [5.74, 6) is 0.857. The van der Waals surface area contributed by atoms with Gasteiger partial charge >= 0.3 is 11.7 Å². The van der Waals surface area contributed by atoms with Crippen LogP contribution in [0.15, 0.2) is 27.9 Å². The highest BCUT2D eigenvalue weighted by atomic mass is 19.1. The molecule has 1 N–H and O–H groups in total. The van der Waals surface area contributed by atoms with Gasteiger partial charge in [-0.1, -0.05) is 6.08 Å². The number of carbonyl (C=O) groups is 1. The van der Waals surface area contributed by atoms with Gasteiger partial charge in [0.05, 0.1) is 12.6 Å². The largest absolute Gasteiger partial charge is 0.461 e. The number of halogens is 1. The molecule has 0 amide bonds. The van der Waals surface area contributed by atoms with Gasteiger partial charge in [0, 0.05) is 13.0 Å². The highest BCUT2D eigenvalue weighted by molar-refractivity contribution is 5.69. The minimum atomic E-state index is -1.06. The Labute approximate surface area is 113 Å². The molecule has 0 bridgehead atoms. The van der Waals surface area contributed by atoms with Crippen molar-refractivity contribution in [3.8, 4) is 12.3 Å². The van der Waals surface area contributed by atoms with Crippen molar-refractivity contribution in [3.63, 3.8) is 0 Å². The maximum atomic E-state index is 12.9. The van der Waals surface area contributed by atoms with Crippen molar-refractivity contribution in [2.45, 2.75) is 19.4 Å². The summed E-state index contributed by atoms with van der Waals surface area (Å²) < 4.78 is 18.7. The first-order valence-electron chi connectivity index (χ1n) is 5.78. The van der Waals surface area contributed by atoms with Crippen LogP contribution in [0.3, 0.4) is 0 Å². The van der Waals surface area contributed by atoms with Crippen LogP contribution in [0.4, 0.5) is 4.39 Å². The molecule has 6 nitrogen and oxygen atoms in total. The first-order chi connectivity index (χ1) is 9.54. The normalized spacial score (nSPS) is 10.4. The number of ether oxygens (including phenoxy) is 1. The Morgan fingerprint density at radius 1 is 1.50 bits per heavy atom. The van der Waals surface area contributed by atoms with Crippen molar-refractivity contribution in [3.05, 3.63) is 45.0 Å². The third-order valence-corrected chi connectivity index (χ3v) is 2.25. The molecule has 0 atom stereocenters. The summed E-state index contributed by atoms with van der Waals surface area (Å²) in [7, 11) is 0. The number of aromatic nitrogens is 2. The molecule has 0 aliphatic carbocycles. The molecule has 1 aromatic rings. The van der Waals surface area contributed by atoms with E-state index in [0.717, 1.165) is 10.8 Å². The highest BCUT2D eigenvalue weighted by Gasteiger charge is 2.02. The van der Waals surface area contributed by atoms with Crippen molar-refractivity contribution < 1.29 is 13.9 Å². The number of terminal acetylenes is 1. The molecule has 7 heteroatoms. The molecule has 0 radical (unpaired) electrons. The van der Waals surface area contributed by atoms with Crippen LogP contribution in [0, 0.1) is 18.2 Å². The SMILES string of the molecule is C#CCCC(=O)OC/C=C\Cn1cc(F)c(=O)[nH]c1=O. The second-order valence-corrected chi connectivity index (χ2v) is 3.75. The lowest BCUT2D eigenvalue weighted by Crippen LogP contribution is -2.31. The Kier molecular flexibility index (Phi) is 5.97. The van der Waals surface area contributed by atoms with Crippen molar-refractivity contribution in [1.29, 1.82) is 0 Å². The quantitative estimate of drug-likeness (QED) is 0.458. The molecule has 1 rings (SSSR count). The number of hydrogen-bond acceptors (Lipinski definition) is 4. The van der Waals surface area contributed by atoms with Gasteiger partial charge in [-0.15, -0.1) is 12.3 Å². The highest BCUT2D eigenvalue weighted by Crippen LogP contribution is 1.92. The monoisotopic (exact) mass is 280 g/mol. The molecule has 0 spiro atoms. The van der Waals surface area contributed by atoms with Crippen molar-refractivity contribution in [2.24, 2.45) is 0 Å². The standard InChI is InChI=1S/C13H13FN2O4/c1-2-3-6-11(17)20-8-5-4-7-16-9-10(14)12(18)15-13(16)19/h1,4-5,9H,3,6-8H2,(H,15,18,19)/b5-4-. The van der Waals surface area contributed by atoms with Crippen molar-refractivity contribution in [1.82, 2.24) is 9.55 Å². The fourth-order valence-electron chi connectivity index (χ4n) is 1.26. The number of nitrogens with zero attached hydrogens (tertiary/aromatic N) is 1. The van der Waals surface area contributed by atoms with Gasteiger partial charge in [-0.05, 0) is 6.08 Å². The number of nitrogens with one attached hydrogen (secondary N) is 1. The maximum Gasteiger partial charge on any atom is 0.328 e. The second-order valence-electron chi connectivity index (χ2n) is 3.75. The average molecular weight is 280 g/mol. The summed E-state index contributed by atoms with van der Waals surface area (Å²) in [4.78, 5) is 35.0. The Morgan fingerprint density at radius 2 is 2.25 bits per heavy atom. The summed E-state index contributed by atoms with van der Waals surface area (Å²) in [6.45, 7) is 0.0818. The smallest absolute Gasteiger partial charge is 0.328 e. The molecular formula is C13H13FN2O4. The topological polar surface area (TPSA) is 81.2 Å². The maximum absolute atomic E-state index is 12.9. The molecule has 106 valence electrons. The van der Waals surface area contributed by atoms with Crippen LogP contribution in [-0.4, -0.2) is 22.1 Å². The van der Waals surface area contributed by atoms with E-state index in [1.165, 1.54) is 12.2 Å². The van der Waals surface area contributed by atoms with Crippen LogP contribution in [0.1, 0.15) is 12.8 Å². The number of carbonyl (C=O) groups excluding carboxylic acids is 1. The molecule has 0 saturated carbocycles. The van der Waals surface area contributed by atoms with Gasteiger partial charge in [0.2, 0.25) is 5.82 Å². The van der Waals surface area contributed by atoms with E-state index >= 15 is 0 Å². The van der Waals surface area contributed by atoms with Crippen LogP contribution < -0.4 is 11.2 Å². The molecule has 0 unspecified atom stereocenters. The number of esters is 1. The molecule has 0 fully saturated rings. The van der Waals surface area contributed by atoms with Gasteiger partial charge in [-0.2, -0.15) is 4.39 Å². The Balaban J connectivity index is 2.44. The van der Waals surface area contributed by atoms with Gasteiger partial charge in [-0.25, -0.2) is 4.79 Å². The van der Waals surface area contributed by atoms with E-state index in [1.54, 1.807) is 0 Å². The van der Waals surface area contributed by atoms with Gasteiger partial charge in [-0.3, -0.25) is 19.1 Å². The fraction of sp³-hybridized carbons (Fsp3) is 0.308. The summed E-state index contributed by atoms with van der Waals surface area (Å²) >= 11 is 0. The minimum Gasteiger partial charge on any atom is -0.461 e. The van der Waals surface area contributed by atoms with Crippen LogP contribution in [0.25, 0.3) is 0 Å². The first-order valence-corrected chi connectivity index (χ1v) is 5.78. The predicted molar refractivity (Wildman–Crippen MR) is 69.4 cm³/mol. The van der Waals surface area contributed by atoms with Crippen molar-refractivity contribution in [2.75, 3.05) is 6.61 Å². The van der Waals surface area contributed by atoms with E-state index in [0.29, 0.717) is 6.42 Å². The average Bonchev–Trinajstić information content (AvgIpc) is 2.41. The van der Waals surface area contributed by atoms with Crippen LogP contribution >= 0.6 is 0 Å². The molecule has 20 heavy (non-hydrogen) atoms. The van der Waals surface area contributed by atoms with E-state index < -0.39 is 23.0 Å². The zero-order valence-electron chi connectivity index (χ0n) is 10.6. The third kappa shape index (κ3) is 4.94. The molecule has 1 aromatic heterocycles. The van der Waals surface area contributed by atoms with Crippen LogP contribution in [0.2, 0.25) is 0 Å². The first kappa shape index (κ1) is 15.4. The zero-order valence-corrected chi connectivity index (χ0v) is 10.6. The molecule has 0 saturated heterocycles. The summed E-state index contributed by atoms with van der Waals surface area (Å²) in [6.07, 6.45) is 9.28. The Bertz CT molecular complexity index is 652. The third-order valence-electron chi connectivity index (χ3n) is 2.25. The zero-order chi connectivity index (χ0) is 15.0. The molecule has 0 aromatic carbocycles. The van der Waals surface area contributed by atoms with E-state index in [-0.39, 0.29) is 19.6 Å². The van der Waals surface area contributed by atoms with Gasteiger partial charge < -0.3 is 4.74 Å². The number of aromatic amines is 1. The lowest BCUT2D eigenvalue weighted by molar-refractivity contribution is -0.142. The molecular weight excluding hydrogens is 267 g/mol. The van der Waals surface area contributed by atoms with E-state index in [2.05, 4.69) is 5.92 Å². The number of rotatable bonds is 6. The number of hydrogen-bond donors (Lipinski definition) is 1. The summed E-state index contributed by atoms with van der Waals surface area (Å²) in [6, 6.07) is 0. The van der Waals surface area contributed by atoms with E-state index in [1.807, 2.05) is 4.98 Å². The van der Waals surface area contributed by atoms with Gasteiger partial charge in [0.15, 0.2) is 0 Å². The van der Waals surface area contributed by atoms with Crippen LogP contribution in [-0.2, 0) is 16.1 Å². The Morgan fingerprint density at radius 3 is 2.95 bits per heavy atom. The summed E-state index contributed by atoms with van der Waals surface area (Å²) in [5.41, 5.74) is -1.77. The van der Waals surface area contributed by atoms with Gasteiger partial charge in [0.1, 0.15) is 6.61 Å².